The highest BCUT2D eigenvalue weighted by atomic mass is 16.5. The molecule has 1 fully saturated rings. The molecule has 0 bridgehead atoms. The lowest BCUT2D eigenvalue weighted by atomic mass is 9.95. The van der Waals surface area contributed by atoms with Crippen LogP contribution in [0.25, 0.3) is 0 Å². The number of methoxy groups -OCH3 is 1. The van der Waals surface area contributed by atoms with Crippen molar-refractivity contribution in [2.24, 2.45) is 0 Å². The van der Waals surface area contributed by atoms with E-state index >= 15 is 0 Å². The average Bonchev–Trinajstić information content (AvgIpc) is 3.08. The van der Waals surface area contributed by atoms with Crippen LogP contribution in [0.4, 0.5) is 0 Å². The quantitative estimate of drug-likeness (QED) is 0.830. The molecule has 3 rings (SSSR count). The molecule has 2 aromatic rings. The summed E-state index contributed by atoms with van der Waals surface area (Å²) in [6.45, 7) is 0.143. The molecule has 0 spiro atoms. The predicted octanol–water partition coefficient (Wildman–Crippen LogP) is 2.65. The lowest BCUT2D eigenvalue weighted by Gasteiger charge is -2.22. The number of ether oxygens (including phenoxy) is 2. The van der Waals surface area contributed by atoms with Crippen molar-refractivity contribution in [2.45, 2.75) is 51.2 Å². The third kappa shape index (κ3) is 5.20. The standard InChI is InChI=1S/C18H23N3O4/c1-23-14-8-5-9-15(10-14)24-12-18-20-16(21-25-18)11-17(22)19-13-6-3-2-4-7-13/h5,8-10,13H,2-4,6-7,11-12H2,1H3,(H,19,22). The molecule has 0 radical (unpaired) electrons. The minimum Gasteiger partial charge on any atom is -0.497 e. The molecule has 1 N–H and O–H groups in total. The van der Waals surface area contributed by atoms with Crippen LogP contribution in [-0.4, -0.2) is 29.2 Å². The van der Waals surface area contributed by atoms with E-state index in [1.165, 1.54) is 19.3 Å². The van der Waals surface area contributed by atoms with Gasteiger partial charge in [0.05, 0.1) is 13.5 Å². The van der Waals surface area contributed by atoms with Gasteiger partial charge in [0.15, 0.2) is 12.4 Å². The number of carbonyl (C=O) groups excluding carboxylic acids is 1. The smallest absolute Gasteiger partial charge is 0.264 e. The van der Waals surface area contributed by atoms with Gasteiger partial charge in [-0.15, -0.1) is 0 Å². The van der Waals surface area contributed by atoms with Gasteiger partial charge in [-0.1, -0.05) is 30.5 Å². The van der Waals surface area contributed by atoms with Crippen molar-refractivity contribution in [3.8, 4) is 11.5 Å². The summed E-state index contributed by atoms with van der Waals surface area (Å²) in [5, 5.41) is 6.88. The number of hydrogen-bond donors (Lipinski definition) is 1. The van der Waals surface area contributed by atoms with Gasteiger partial charge in [-0.05, 0) is 25.0 Å². The molecule has 0 aliphatic heterocycles. The Balaban J connectivity index is 1.47. The minimum absolute atomic E-state index is 0.0621. The molecule has 0 saturated heterocycles. The Labute approximate surface area is 146 Å². The van der Waals surface area contributed by atoms with E-state index in [0.29, 0.717) is 23.2 Å². The Morgan fingerprint density at radius 3 is 2.88 bits per heavy atom. The molecular weight excluding hydrogens is 322 g/mol. The zero-order chi connectivity index (χ0) is 17.5. The first-order valence-corrected chi connectivity index (χ1v) is 8.60. The summed E-state index contributed by atoms with van der Waals surface area (Å²) < 4.78 is 15.9. The Morgan fingerprint density at radius 1 is 1.28 bits per heavy atom. The molecule has 1 aliphatic rings. The summed E-state index contributed by atoms with van der Waals surface area (Å²) in [5.74, 6) is 2.01. The normalized spacial score (nSPS) is 14.9. The highest BCUT2D eigenvalue weighted by Crippen LogP contribution is 2.20. The van der Waals surface area contributed by atoms with Crippen molar-refractivity contribution in [1.82, 2.24) is 15.5 Å². The van der Waals surface area contributed by atoms with Gasteiger partial charge in [0.2, 0.25) is 5.91 Å². The molecular formula is C18H23N3O4. The van der Waals surface area contributed by atoms with Gasteiger partial charge in [0, 0.05) is 12.1 Å². The van der Waals surface area contributed by atoms with Crippen LogP contribution in [0.5, 0.6) is 11.5 Å². The summed E-state index contributed by atoms with van der Waals surface area (Å²) in [6, 6.07) is 7.54. The molecule has 25 heavy (non-hydrogen) atoms. The first kappa shape index (κ1) is 17.3. The van der Waals surface area contributed by atoms with E-state index in [4.69, 9.17) is 14.0 Å². The SMILES string of the molecule is COc1cccc(OCc2nc(CC(=O)NC3CCCCC3)no2)c1. The van der Waals surface area contributed by atoms with Crippen LogP contribution in [-0.2, 0) is 17.8 Å². The topological polar surface area (TPSA) is 86.5 Å². The first-order valence-electron chi connectivity index (χ1n) is 8.60. The van der Waals surface area contributed by atoms with Crippen LogP contribution in [0, 0.1) is 0 Å². The molecule has 1 aromatic heterocycles. The van der Waals surface area contributed by atoms with Crippen molar-refractivity contribution in [2.75, 3.05) is 7.11 Å². The van der Waals surface area contributed by atoms with Crippen LogP contribution >= 0.6 is 0 Å². The summed E-state index contributed by atoms with van der Waals surface area (Å²) in [7, 11) is 1.60. The van der Waals surface area contributed by atoms with Gasteiger partial charge in [-0.2, -0.15) is 4.98 Å². The number of aromatic nitrogens is 2. The summed E-state index contributed by atoms with van der Waals surface area (Å²) in [5.41, 5.74) is 0. The second-order valence-electron chi connectivity index (χ2n) is 6.15. The molecule has 1 saturated carbocycles. The van der Waals surface area contributed by atoms with Crippen molar-refractivity contribution in [1.29, 1.82) is 0 Å². The maximum atomic E-state index is 12.1. The number of nitrogens with zero attached hydrogens (tertiary/aromatic N) is 2. The predicted molar refractivity (Wildman–Crippen MR) is 90.3 cm³/mol. The fourth-order valence-electron chi connectivity index (χ4n) is 2.93. The Kier molecular flexibility index (Phi) is 5.87. The maximum Gasteiger partial charge on any atom is 0.264 e. The highest BCUT2D eigenvalue weighted by molar-refractivity contribution is 5.78. The molecule has 0 unspecified atom stereocenters. The Morgan fingerprint density at radius 2 is 2.08 bits per heavy atom. The second-order valence-corrected chi connectivity index (χ2v) is 6.15. The van der Waals surface area contributed by atoms with Crippen LogP contribution in [0.1, 0.15) is 43.8 Å². The minimum atomic E-state index is -0.0621. The molecule has 7 heteroatoms. The van der Waals surface area contributed by atoms with Crippen molar-refractivity contribution < 1.29 is 18.8 Å². The van der Waals surface area contributed by atoms with Crippen LogP contribution < -0.4 is 14.8 Å². The number of hydrogen-bond acceptors (Lipinski definition) is 6. The van der Waals surface area contributed by atoms with E-state index in [9.17, 15) is 4.79 Å². The lowest BCUT2D eigenvalue weighted by molar-refractivity contribution is -0.121. The van der Waals surface area contributed by atoms with Crippen molar-refractivity contribution in [3.05, 3.63) is 36.0 Å². The number of rotatable bonds is 7. The van der Waals surface area contributed by atoms with Crippen LogP contribution in [0.15, 0.2) is 28.8 Å². The Bertz CT molecular complexity index is 695. The van der Waals surface area contributed by atoms with Crippen molar-refractivity contribution in [3.63, 3.8) is 0 Å². The van der Waals surface area contributed by atoms with Gasteiger partial charge in [-0.3, -0.25) is 4.79 Å². The largest absolute Gasteiger partial charge is 0.497 e. The third-order valence-electron chi connectivity index (χ3n) is 4.20. The summed E-state index contributed by atoms with van der Waals surface area (Å²) >= 11 is 0. The van der Waals surface area contributed by atoms with Gasteiger partial charge < -0.3 is 19.3 Å². The maximum absolute atomic E-state index is 12.1. The van der Waals surface area contributed by atoms with Crippen LogP contribution in [0.3, 0.4) is 0 Å². The van der Waals surface area contributed by atoms with E-state index in [-0.39, 0.29) is 25.0 Å². The average molecular weight is 345 g/mol. The van der Waals surface area contributed by atoms with Gasteiger partial charge in [0.1, 0.15) is 11.5 Å². The number of amides is 1. The fraction of sp³-hybridized carbons (Fsp3) is 0.500. The molecule has 1 aliphatic carbocycles. The number of benzene rings is 1. The monoisotopic (exact) mass is 345 g/mol. The molecule has 0 atom stereocenters. The zero-order valence-electron chi connectivity index (χ0n) is 14.4. The van der Waals surface area contributed by atoms with Crippen LogP contribution in [0.2, 0.25) is 0 Å². The van der Waals surface area contributed by atoms with Gasteiger partial charge in [0.25, 0.3) is 5.89 Å². The molecule has 1 heterocycles. The van der Waals surface area contributed by atoms with Gasteiger partial charge >= 0.3 is 0 Å². The molecule has 7 nitrogen and oxygen atoms in total. The van der Waals surface area contributed by atoms with Gasteiger partial charge in [-0.25, -0.2) is 0 Å². The van der Waals surface area contributed by atoms with E-state index < -0.39 is 0 Å². The van der Waals surface area contributed by atoms with E-state index in [2.05, 4.69) is 15.5 Å². The second kappa shape index (κ2) is 8.50. The molecule has 1 aromatic carbocycles. The van der Waals surface area contributed by atoms with Crippen molar-refractivity contribution >= 4 is 5.91 Å². The zero-order valence-corrected chi connectivity index (χ0v) is 14.4. The molecule has 134 valence electrons. The number of nitrogens with one attached hydrogen (secondary N) is 1. The molecule has 1 amide bonds. The first-order chi connectivity index (χ1) is 12.2. The highest BCUT2D eigenvalue weighted by Gasteiger charge is 2.17. The van der Waals surface area contributed by atoms with E-state index in [0.717, 1.165) is 12.8 Å². The van der Waals surface area contributed by atoms with E-state index in [1.54, 1.807) is 13.2 Å². The summed E-state index contributed by atoms with van der Waals surface area (Å²) in [4.78, 5) is 16.3. The third-order valence-corrected chi connectivity index (χ3v) is 4.20. The number of carbonyl (C=O) groups is 1. The lowest BCUT2D eigenvalue weighted by Crippen LogP contribution is -2.37. The summed E-state index contributed by atoms with van der Waals surface area (Å²) in [6.07, 6.45) is 5.85. The fourth-order valence-corrected chi connectivity index (χ4v) is 2.93. The van der Waals surface area contributed by atoms with E-state index in [1.807, 2.05) is 18.2 Å². The Hall–Kier alpha value is -2.57.